The van der Waals surface area contributed by atoms with Crippen molar-refractivity contribution in [3.63, 3.8) is 0 Å². The standard InChI is InChI=1S/C19H19N5O4S2/c20-18(21)13-3-1-2-12(10-13)11-24-8-6-15(19(24)25)23-30(26,27)17-5-4-16(29-17)14-7-9-28-22-14/h1-5,7,9-10,15,23H,6,8,11H2,(H3,20,21)/t15-/m0/s1. The topological polar surface area (TPSA) is 142 Å². The Morgan fingerprint density at radius 1 is 1.33 bits per heavy atom. The number of nitrogens with two attached hydrogens (primary N) is 1. The molecule has 0 spiro atoms. The van der Waals surface area contributed by atoms with E-state index in [1.54, 1.807) is 35.2 Å². The highest BCUT2D eigenvalue weighted by Crippen LogP contribution is 2.30. The Balaban J connectivity index is 1.44. The lowest BCUT2D eigenvalue weighted by molar-refractivity contribution is -0.129. The summed E-state index contributed by atoms with van der Waals surface area (Å²) < 4.78 is 32.9. The molecule has 1 aliphatic heterocycles. The summed E-state index contributed by atoms with van der Waals surface area (Å²) in [6, 6.07) is 11.1. The van der Waals surface area contributed by atoms with Crippen molar-refractivity contribution >= 4 is 33.1 Å². The summed E-state index contributed by atoms with van der Waals surface area (Å²) in [5.74, 6) is -0.323. The Morgan fingerprint density at radius 2 is 2.17 bits per heavy atom. The quantitative estimate of drug-likeness (QED) is 0.374. The number of carbonyl (C=O) groups excluding carboxylic acids is 1. The minimum absolute atomic E-state index is 0.0452. The predicted molar refractivity (Wildman–Crippen MR) is 111 cm³/mol. The van der Waals surface area contributed by atoms with Crippen molar-refractivity contribution in [2.24, 2.45) is 5.73 Å². The van der Waals surface area contributed by atoms with Crippen LogP contribution in [0.5, 0.6) is 0 Å². The average molecular weight is 446 g/mol. The lowest BCUT2D eigenvalue weighted by atomic mass is 10.1. The van der Waals surface area contributed by atoms with Gasteiger partial charge in [0.05, 0.1) is 4.88 Å². The molecule has 30 heavy (non-hydrogen) atoms. The molecular weight excluding hydrogens is 426 g/mol. The Morgan fingerprint density at radius 3 is 2.90 bits per heavy atom. The third-order valence-electron chi connectivity index (χ3n) is 4.74. The van der Waals surface area contributed by atoms with Gasteiger partial charge in [-0.2, -0.15) is 4.72 Å². The first-order valence-corrected chi connectivity index (χ1v) is 11.4. The van der Waals surface area contributed by atoms with E-state index in [2.05, 4.69) is 9.88 Å². The summed E-state index contributed by atoms with van der Waals surface area (Å²) in [5, 5.41) is 11.3. The third-order valence-corrected chi connectivity index (χ3v) is 7.81. The molecule has 0 aliphatic carbocycles. The normalized spacial score (nSPS) is 16.9. The summed E-state index contributed by atoms with van der Waals surface area (Å²) in [5.41, 5.74) is 7.48. The summed E-state index contributed by atoms with van der Waals surface area (Å²) in [7, 11) is -3.84. The average Bonchev–Trinajstić information content (AvgIpc) is 3.46. The van der Waals surface area contributed by atoms with Gasteiger partial charge in [-0.25, -0.2) is 8.42 Å². The molecule has 4 rings (SSSR count). The number of amidine groups is 1. The van der Waals surface area contributed by atoms with E-state index in [4.69, 9.17) is 15.7 Å². The molecule has 1 atom stereocenters. The van der Waals surface area contributed by atoms with E-state index in [0.717, 1.165) is 16.9 Å². The fourth-order valence-electron chi connectivity index (χ4n) is 3.25. The Bertz CT molecular complexity index is 1190. The van der Waals surface area contributed by atoms with Crippen LogP contribution in [0.3, 0.4) is 0 Å². The zero-order valence-electron chi connectivity index (χ0n) is 15.7. The molecule has 1 fully saturated rings. The van der Waals surface area contributed by atoms with Crippen molar-refractivity contribution in [1.82, 2.24) is 14.8 Å². The Kier molecular flexibility index (Phi) is 5.41. The molecule has 156 valence electrons. The first-order chi connectivity index (χ1) is 14.3. The summed E-state index contributed by atoms with van der Waals surface area (Å²) in [6.45, 7) is 0.762. The van der Waals surface area contributed by atoms with Gasteiger partial charge < -0.3 is 15.2 Å². The molecule has 1 aliphatic rings. The molecule has 3 heterocycles. The van der Waals surface area contributed by atoms with Crippen molar-refractivity contribution in [3.8, 4) is 10.6 Å². The highest BCUT2D eigenvalue weighted by molar-refractivity contribution is 7.91. The molecule has 0 bridgehead atoms. The number of nitrogens with zero attached hydrogens (tertiary/aromatic N) is 2. The van der Waals surface area contributed by atoms with Crippen molar-refractivity contribution < 1.29 is 17.7 Å². The number of likely N-dealkylation sites (tertiary alicyclic amines) is 1. The number of rotatable bonds is 7. The minimum Gasteiger partial charge on any atom is -0.384 e. The smallest absolute Gasteiger partial charge is 0.250 e. The van der Waals surface area contributed by atoms with Gasteiger partial charge >= 0.3 is 0 Å². The summed E-state index contributed by atoms with van der Waals surface area (Å²) in [4.78, 5) is 15.0. The van der Waals surface area contributed by atoms with Crippen LogP contribution in [0.15, 0.2) is 57.5 Å². The molecule has 1 aromatic carbocycles. The largest absolute Gasteiger partial charge is 0.384 e. The van der Waals surface area contributed by atoms with E-state index in [1.807, 2.05) is 6.07 Å². The van der Waals surface area contributed by atoms with Gasteiger partial charge in [0, 0.05) is 24.7 Å². The molecule has 9 nitrogen and oxygen atoms in total. The maximum atomic E-state index is 12.7. The van der Waals surface area contributed by atoms with Crippen LogP contribution in [0, 0.1) is 5.41 Å². The van der Waals surface area contributed by atoms with Gasteiger partial charge in [0.2, 0.25) is 5.91 Å². The van der Waals surface area contributed by atoms with Crippen molar-refractivity contribution in [3.05, 3.63) is 59.9 Å². The molecule has 11 heteroatoms. The SMILES string of the molecule is N=C(N)c1cccc(CN2CC[C@H](NS(=O)(=O)c3ccc(-c4ccon4)s3)C2=O)c1. The van der Waals surface area contributed by atoms with E-state index >= 15 is 0 Å². The maximum absolute atomic E-state index is 12.7. The molecule has 1 saturated heterocycles. The number of sulfonamides is 1. The second-order valence-electron chi connectivity index (χ2n) is 6.84. The lowest BCUT2D eigenvalue weighted by Crippen LogP contribution is -2.41. The zero-order chi connectivity index (χ0) is 21.3. The van der Waals surface area contributed by atoms with Gasteiger partial charge in [0.15, 0.2) is 0 Å². The van der Waals surface area contributed by atoms with Crippen molar-refractivity contribution in [1.29, 1.82) is 5.41 Å². The molecule has 3 aromatic rings. The highest BCUT2D eigenvalue weighted by Gasteiger charge is 2.35. The number of hydrogen-bond acceptors (Lipinski definition) is 7. The van der Waals surface area contributed by atoms with Crippen LogP contribution in [-0.2, 0) is 21.4 Å². The van der Waals surface area contributed by atoms with E-state index in [9.17, 15) is 13.2 Å². The van der Waals surface area contributed by atoms with Gasteiger partial charge in [-0.05, 0) is 30.2 Å². The zero-order valence-corrected chi connectivity index (χ0v) is 17.4. The van der Waals surface area contributed by atoms with Crippen LogP contribution in [0.4, 0.5) is 0 Å². The first-order valence-electron chi connectivity index (χ1n) is 9.08. The van der Waals surface area contributed by atoms with Crippen LogP contribution < -0.4 is 10.5 Å². The van der Waals surface area contributed by atoms with Crippen molar-refractivity contribution in [2.45, 2.75) is 23.2 Å². The molecular formula is C19H19N5O4S2. The predicted octanol–water partition coefficient (Wildman–Crippen LogP) is 1.77. The molecule has 0 saturated carbocycles. The highest BCUT2D eigenvalue weighted by atomic mass is 32.2. The lowest BCUT2D eigenvalue weighted by Gasteiger charge is -2.17. The molecule has 1 amide bonds. The van der Waals surface area contributed by atoms with Gasteiger partial charge in [0.25, 0.3) is 10.0 Å². The molecule has 2 aromatic heterocycles. The van der Waals surface area contributed by atoms with Crippen molar-refractivity contribution in [2.75, 3.05) is 6.54 Å². The second-order valence-corrected chi connectivity index (χ2v) is 9.86. The van der Waals surface area contributed by atoms with Crippen LogP contribution in [-0.4, -0.2) is 42.8 Å². The minimum atomic E-state index is -3.84. The number of thiophene rings is 1. The third kappa shape index (κ3) is 4.13. The fourth-order valence-corrected chi connectivity index (χ4v) is 5.76. The van der Waals surface area contributed by atoms with Crippen LogP contribution in [0.25, 0.3) is 10.6 Å². The fraction of sp³-hybridized carbons (Fsp3) is 0.211. The first kappa shape index (κ1) is 20.3. The summed E-state index contributed by atoms with van der Waals surface area (Å²) in [6.07, 6.45) is 1.80. The monoisotopic (exact) mass is 445 g/mol. The van der Waals surface area contributed by atoms with Crippen LogP contribution >= 0.6 is 11.3 Å². The molecule has 0 radical (unpaired) electrons. The number of carbonyl (C=O) groups is 1. The Labute approximate surface area is 177 Å². The molecule has 4 N–H and O–H groups in total. The number of nitrogen functional groups attached to an aromatic ring is 1. The second kappa shape index (κ2) is 8.01. The van der Waals surface area contributed by atoms with Gasteiger partial charge in [-0.3, -0.25) is 10.2 Å². The van der Waals surface area contributed by atoms with E-state index < -0.39 is 16.1 Å². The van der Waals surface area contributed by atoms with Gasteiger partial charge in [-0.1, -0.05) is 23.4 Å². The van der Waals surface area contributed by atoms with Crippen LogP contribution in [0.1, 0.15) is 17.5 Å². The van der Waals surface area contributed by atoms with Gasteiger partial charge in [-0.15, -0.1) is 11.3 Å². The molecule has 0 unspecified atom stereocenters. The van der Waals surface area contributed by atoms with E-state index in [-0.39, 0.29) is 16.0 Å². The summed E-state index contributed by atoms with van der Waals surface area (Å²) >= 11 is 1.06. The number of benzene rings is 1. The number of aromatic nitrogens is 1. The van der Waals surface area contributed by atoms with E-state index in [1.165, 1.54) is 12.3 Å². The van der Waals surface area contributed by atoms with Crippen LogP contribution in [0.2, 0.25) is 0 Å². The number of amides is 1. The number of hydrogen-bond donors (Lipinski definition) is 3. The number of nitrogens with one attached hydrogen (secondary N) is 2. The van der Waals surface area contributed by atoms with Gasteiger partial charge in [0.1, 0.15) is 28.0 Å². The van der Waals surface area contributed by atoms with E-state index in [0.29, 0.717) is 35.6 Å². The Hall–Kier alpha value is -3.02. The maximum Gasteiger partial charge on any atom is 0.250 e.